The summed E-state index contributed by atoms with van der Waals surface area (Å²) in [6.45, 7) is 4.05. The van der Waals surface area contributed by atoms with Crippen LogP contribution < -0.4 is 24.3 Å². The summed E-state index contributed by atoms with van der Waals surface area (Å²) < 4.78 is 22.1. The van der Waals surface area contributed by atoms with Crippen LogP contribution in [0.2, 0.25) is 0 Å². The van der Waals surface area contributed by atoms with Crippen molar-refractivity contribution in [3.05, 3.63) is 47.5 Å². The lowest BCUT2D eigenvalue weighted by Crippen LogP contribution is -2.27. The zero-order valence-electron chi connectivity index (χ0n) is 13.9. The van der Waals surface area contributed by atoms with Crippen LogP contribution in [0, 0.1) is 0 Å². The van der Waals surface area contributed by atoms with E-state index < -0.39 is 0 Å². The number of carbonyl (C=O) groups excluding carboxylic acids is 1. The van der Waals surface area contributed by atoms with E-state index in [4.69, 9.17) is 18.9 Å². The predicted octanol–water partition coefficient (Wildman–Crippen LogP) is 2.72. The molecule has 0 fully saturated rings. The van der Waals surface area contributed by atoms with Crippen molar-refractivity contribution in [2.24, 2.45) is 0 Å². The Hall–Kier alpha value is -2.89. The summed E-state index contributed by atoms with van der Waals surface area (Å²) in [5.74, 6) is 2.55. The smallest absolute Gasteiger partial charge is 0.251 e. The fraction of sp³-hybridized carbons (Fsp3) is 0.316. The molecule has 2 aliphatic rings. The third kappa shape index (κ3) is 3.20. The summed E-state index contributed by atoms with van der Waals surface area (Å²) in [7, 11) is 0. The Bertz CT molecular complexity index is 804. The highest BCUT2D eigenvalue weighted by Crippen LogP contribution is 2.33. The summed E-state index contributed by atoms with van der Waals surface area (Å²) in [5, 5.41) is 2.99. The molecular formula is C19H19NO5. The number of ether oxygens (including phenoxy) is 4. The Morgan fingerprint density at radius 3 is 2.08 bits per heavy atom. The van der Waals surface area contributed by atoms with Gasteiger partial charge in [0.15, 0.2) is 23.0 Å². The van der Waals surface area contributed by atoms with E-state index in [2.05, 4.69) is 5.32 Å². The van der Waals surface area contributed by atoms with Crippen LogP contribution in [0.1, 0.15) is 28.9 Å². The first-order valence-electron chi connectivity index (χ1n) is 8.31. The quantitative estimate of drug-likeness (QED) is 0.930. The van der Waals surface area contributed by atoms with Crippen molar-refractivity contribution in [2.45, 2.75) is 13.0 Å². The van der Waals surface area contributed by atoms with Crippen LogP contribution in [0.15, 0.2) is 36.4 Å². The molecule has 0 radical (unpaired) electrons. The maximum absolute atomic E-state index is 12.5. The molecule has 6 heteroatoms. The molecule has 2 aromatic carbocycles. The van der Waals surface area contributed by atoms with Gasteiger partial charge in [-0.25, -0.2) is 0 Å². The third-order valence-corrected chi connectivity index (χ3v) is 4.22. The number of carbonyl (C=O) groups is 1. The van der Waals surface area contributed by atoms with Crippen molar-refractivity contribution in [1.29, 1.82) is 0 Å². The summed E-state index contributed by atoms with van der Waals surface area (Å²) in [6, 6.07) is 10.7. The molecule has 0 saturated carbocycles. The Labute approximate surface area is 145 Å². The van der Waals surface area contributed by atoms with Gasteiger partial charge >= 0.3 is 0 Å². The van der Waals surface area contributed by atoms with Gasteiger partial charge in [0.05, 0.1) is 6.04 Å². The van der Waals surface area contributed by atoms with E-state index in [1.165, 1.54) is 0 Å². The van der Waals surface area contributed by atoms with Crippen LogP contribution >= 0.6 is 0 Å². The Kier molecular flexibility index (Phi) is 4.09. The summed E-state index contributed by atoms with van der Waals surface area (Å²) >= 11 is 0. The first-order chi connectivity index (χ1) is 12.2. The third-order valence-electron chi connectivity index (χ3n) is 4.22. The van der Waals surface area contributed by atoms with E-state index in [0.29, 0.717) is 49.2 Å². The number of fused-ring (bicyclic) bond motifs is 2. The molecule has 2 aromatic rings. The molecular weight excluding hydrogens is 322 g/mol. The second kappa shape index (κ2) is 6.55. The Balaban J connectivity index is 1.48. The molecule has 0 unspecified atom stereocenters. The number of hydrogen-bond donors (Lipinski definition) is 1. The van der Waals surface area contributed by atoms with Gasteiger partial charge < -0.3 is 24.3 Å². The van der Waals surface area contributed by atoms with Gasteiger partial charge in [0.1, 0.15) is 26.4 Å². The number of nitrogens with one attached hydrogen (secondary N) is 1. The van der Waals surface area contributed by atoms with Crippen molar-refractivity contribution in [3.63, 3.8) is 0 Å². The topological polar surface area (TPSA) is 66.0 Å². The van der Waals surface area contributed by atoms with Crippen LogP contribution in [0.25, 0.3) is 0 Å². The number of benzene rings is 2. The van der Waals surface area contributed by atoms with Crippen molar-refractivity contribution in [1.82, 2.24) is 5.32 Å². The molecule has 6 nitrogen and oxygen atoms in total. The summed E-state index contributed by atoms with van der Waals surface area (Å²) in [4.78, 5) is 12.5. The lowest BCUT2D eigenvalue weighted by molar-refractivity contribution is 0.0938. The van der Waals surface area contributed by atoms with Crippen LogP contribution in [0.5, 0.6) is 23.0 Å². The van der Waals surface area contributed by atoms with Crippen LogP contribution in [-0.2, 0) is 0 Å². The molecule has 0 aromatic heterocycles. The normalized spacial score (nSPS) is 16.0. The van der Waals surface area contributed by atoms with Gasteiger partial charge in [0, 0.05) is 5.56 Å². The van der Waals surface area contributed by atoms with E-state index in [0.717, 1.165) is 11.3 Å². The van der Waals surface area contributed by atoms with E-state index in [9.17, 15) is 4.79 Å². The minimum atomic E-state index is -0.170. The number of rotatable bonds is 3. The number of amides is 1. The molecule has 25 heavy (non-hydrogen) atoms. The monoisotopic (exact) mass is 341 g/mol. The van der Waals surface area contributed by atoms with Crippen molar-refractivity contribution < 1.29 is 23.7 Å². The van der Waals surface area contributed by atoms with Gasteiger partial charge in [-0.2, -0.15) is 0 Å². The van der Waals surface area contributed by atoms with Crippen molar-refractivity contribution in [2.75, 3.05) is 26.4 Å². The zero-order valence-corrected chi connectivity index (χ0v) is 13.9. The molecule has 0 saturated heterocycles. The lowest BCUT2D eigenvalue weighted by atomic mass is 10.1. The van der Waals surface area contributed by atoms with Gasteiger partial charge in [-0.1, -0.05) is 6.07 Å². The molecule has 0 aliphatic carbocycles. The van der Waals surface area contributed by atoms with Crippen LogP contribution in [0.3, 0.4) is 0 Å². The predicted molar refractivity (Wildman–Crippen MR) is 90.7 cm³/mol. The lowest BCUT2D eigenvalue weighted by Gasteiger charge is -2.21. The second-order valence-electron chi connectivity index (χ2n) is 5.96. The van der Waals surface area contributed by atoms with Gasteiger partial charge in [-0.05, 0) is 42.8 Å². The second-order valence-corrected chi connectivity index (χ2v) is 5.96. The molecule has 2 heterocycles. The first kappa shape index (κ1) is 15.6. The van der Waals surface area contributed by atoms with E-state index in [-0.39, 0.29) is 11.9 Å². The van der Waals surface area contributed by atoms with Gasteiger partial charge in [0.2, 0.25) is 0 Å². The highest BCUT2D eigenvalue weighted by Gasteiger charge is 2.18. The fourth-order valence-corrected chi connectivity index (χ4v) is 2.88. The summed E-state index contributed by atoms with van der Waals surface area (Å²) in [5.41, 5.74) is 1.49. The average molecular weight is 341 g/mol. The van der Waals surface area contributed by atoms with Gasteiger partial charge in [-0.15, -0.1) is 0 Å². The van der Waals surface area contributed by atoms with Gasteiger partial charge in [0.25, 0.3) is 5.91 Å². The standard InChI is InChI=1S/C19H19NO5/c1-12(13-2-4-15-17(10-13)24-8-6-22-15)20-19(21)14-3-5-16-18(11-14)25-9-7-23-16/h2-5,10-12H,6-9H2,1H3,(H,20,21)/t12-/m1/s1. The average Bonchev–Trinajstić information content (AvgIpc) is 2.67. The molecule has 1 N–H and O–H groups in total. The molecule has 130 valence electrons. The molecule has 2 aliphatic heterocycles. The maximum atomic E-state index is 12.5. The van der Waals surface area contributed by atoms with E-state index in [1.807, 2.05) is 25.1 Å². The molecule has 0 spiro atoms. The molecule has 1 atom stereocenters. The first-order valence-corrected chi connectivity index (χ1v) is 8.31. The van der Waals surface area contributed by atoms with Crippen LogP contribution in [-0.4, -0.2) is 32.3 Å². The maximum Gasteiger partial charge on any atom is 0.251 e. The van der Waals surface area contributed by atoms with E-state index in [1.54, 1.807) is 18.2 Å². The summed E-state index contributed by atoms with van der Waals surface area (Å²) in [6.07, 6.45) is 0. The SMILES string of the molecule is C[C@@H](NC(=O)c1ccc2c(c1)OCCO2)c1ccc2c(c1)OCCO2. The van der Waals surface area contributed by atoms with Gasteiger partial charge in [-0.3, -0.25) is 4.79 Å². The molecule has 0 bridgehead atoms. The van der Waals surface area contributed by atoms with Crippen molar-refractivity contribution in [3.8, 4) is 23.0 Å². The highest BCUT2D eigenvalue weighted by atomic mass is 16.6. The zero-order chi connectivity index (χ0) is 17.2. The Morgan fingerprint density at radius 2 is 1.40 bits per heavy atom. The minimum absolute atomic E-state index is 0.167. The fourth-order valence-electron chi connectivity index (χ4n) is 2.88. The van der Waals surface area contributed by atoms with Crippen molar-refractivity contribution >= 4 is 5.91 Å². The van der Waals surface area contributed by atoms with E-state index >= 15 is 0 Å². The minimum Gasteiger partial charge on any atom is -0.486 e. The highest BCUT2D eigenvalue weighted by molar-refractivity contribution is 5.95. The Morgan fingerprint density at radius 1 is 0.840 bits per heavy atom. The largest absolute Gasteiger partial charge is 0.486 e. The van der Waals surface area contributed by atoms with Crippen LogP contribution in [0.4, 0.5) is 0 Å². The molecule has 1 amide bonds. The number of hydrogen-bond acceptors (Lipinski definition) is 5. The molecule has 4 rings (SSSR count).